The van der Waals surface area contributed by atoms with Crippen molar-refractivity contribution in [1.82, 2.24) is 14.7 Å². The summed E-state index contributed by atoms with van der Waals surface area (Å²) < 4.78 is 6.29. The first-order valence-corrected chi connectivity index (χ1v) is 8.12. The molecule has 2 rings (SSSR count). The normalized spacial score (nSPS) is 15.3. The fraction of sp³-hybridized carbons (Fsp3) is 0.643. The number of halogens is 1. The van der Waals surface area contributed by atoms with Crippen molar-refractivity contribution in [2.75, 3.05) is 19.7 Å². The van der Waals surface area contributed by atoms with Crippen molar-refractivity contribution in [2.45, 2.75) is 32.7 Å². The molecule has 0 radical (unpaired) electrons. The number of hydrogen-bond donors (Lipinski definition) is 0. The SMILES string of the molecule is CCOC(=O)C1CCN(C(=O)CCn2cc(Cl)c([N+](=O)[O-])n2)CC1. The van der Waals surface area contributed by atoms with Crippen LogP contribution in [0.4, 0.5) is 5.82 Å². The lowest BCUT2D eigenvalue weighted by Gasteiger charge is -2.30. The Kier molecular flexibility index (Phi) is 6.13. The van der Waals surface area contributed by atoms with E-state index in [-0.39, 0.29) is 35.8 Å². The number of amides is 1. The second-order valence-electron chi connectivity index (χ2n) is 5.48. The highest BCUT2D eigenvalue weighted by atomic mass is 35.5. The molecular weight excluding hydrogens is 340 g/mol. The van der Waals surface area contributed by atoms with Crippen LogP contribution in [-0.2, 0) is 20.9 Å². The molecule has 0 saturated carbocycles. The summed E-state index contributed by atoms with van der Waals surface area (Å²) in [7, 11) is 0. The van der Waals surface area contributed by atoms with Crippen molar-refractivity contribution in [3.63, 3.8) is 0 Å². The second kappa shape index (κ2) is 8.09. The molecule has 0 bridgehead atoms. The van der Waals surface area contributed by atoms with Gasteiger partial charge in [0.05, 0.1) is 30.4 Å². The molecule has 0 spiro atoms. The van der Waals surface area contributed by atoms with Crippen molar-refractivity contribution in [3.05, 3.63) is 21.3 Å². The summed E-state index contributed by atoms with van der Waals surface area (Å²) in [6.45, 7) is 3.34. The molecule has 24 heavy (non-hydrogen) atoms. The van der Waals surface area contributed by atoms with Crippen LogP contribution < -0.4 is 0 Å². The summed E-state index contributed by atoms with van der Waals surface area (Å²) in [6.07, 6.45) is 2.67. The molecule has 1 aliphatic heterocycles. The van der Waals surface area contributed by atoms with Crippen LogP contribution in [0, 0.1) is 16.0 Å². The van der Waals surface area contributed by atoms with E-state index in [1.807, 2.05) is 0 Å². The molecule has 1 saturated heterocycles. The van der Waals surface area contributed by atoms with Gasteiger partial charge in [-0.2, -0.15) is 4.68 Å². The van der Waals surface area contributed by atoms with Crippen LogP contribution in [0.15, 0.2) is 6.20 Å². The van der Waals surface area contributed by atoms with E-state index < -0.39 is 10.7 Å². The summed E-state index contributed by atoms with van der Waals surface area (Å²) in [6, 6.07) is 0. The molecule has 1 fully saturated rings. The van der Waals surface area contributed by atoms with Crippen LogP contribution in [0.3, 0.4) is 0 Å². The molecule has 0 aliphatic carbocycles. The number of esters is 1. The molecule has 1 aromatic heterocycles. The minimum Gasteiger partial charge on any atom is -0.466 e. The molecular formula is C14H19ClN4O5. The number of carbonyl (C=O) groups excluding carboxylic acids is 2. The predicted molar refractivity (Wildman–Crippen MR) is 84.4 cm³/mol. The summed E-state index contributed by atoms with van der Waals surface area (Å²) in [4.78, 5) is 35.6. The first-order valence-electron chi connectivity index (χ1n) is 7.74. The summed E-state index contributed by atoms with van der Waals surface area (Å²) in [5.74, 6) is -0.851. The first-order chi connectivity index (χ1) is 11.4. The lowest BCUT2D eigenvalue weighted by Crippen LogP contribution is -2.40. The maximum Gasteiger partial charge on any atom is 0.408 e. The van der Waals surface area contributed by atoms with Crippen LogP contribution in [0.25, 0.3) is 0 Å². The zero-order valence-corrected chi connectivity index (χ0v) is 14.1. The van der Waals surface area contributed by atoms with Gasteiger partial charge < -0.3 is 19.8 Å². The fourth-order valence-corrected chi connectivity index (χ4v) is 2.84. The van der Waals surface area contributed by atoms with Crippen LogP contribution >= 0.6 is 11.6 Å². The quantitative estimate of drug-likeness (QED) is 0.434. The zero-order chi connectivity index (χ0) is 17.7. The number of carbonyl (C=O) groups is 2. The third-order valence-electron chi connectivity index (χ3n) is 3.89. The van der Waals surface area contributed by atoms with Gasteiger partial charge in [-0.25, -0.2) is 0 Å². The molecule has 2 heterocycles. The Hall–Kier alpha value is -2.16. The lowest BCUT2D eigenvalue weighted by molar-refractivity contribution is -0.389. The van der Waals surface area contributed by atoms with Gasteiger partial charge in [0.1, 0.15) is 0 Å². The van der Waals surface area contributed by atoms with Gasteiger partial charge in [0.15, 0.2) is 5.02 Å². The number of rotatable bonds is 6. The largest absolute Gasteiger partial charge is 0.466 e. The van der Waals surface area contributed by atoms with E-state index in [4.69, 9.17) is 16.3 Å². The molecule has 10 heteroatoms. The maximum absolute atomic E-state index is 12.2. The number of nitro groups is 1. The predicted octanol–water partition coefficient (Wildman–Crippen LogP) is 1.64. The molecule has 1 amide bonds. The highest BCUT2D eigenvalue weighted by molar-refractivity contribution is 6.32. The van der Waals surface area contributed by atoms with Crippen LogP contribution in [-0.4, -0.2) is 51.2 Å². The standard InChI is InChI=1S/C14H19ClN4O5/c1-2-24-14(21)10-3-6-17(7-4-10)12(20)5-8-18-9-11(15)13(16-18)19(22)23/h9-10H,2-8H2,1H3. The third kappa shape index (κ3) is 4.44. The summed E-state index contributed by atoms with van der Waals surface area (Å²) in [5, 5.41) is 14.4. The van der Waals surface area contributed by atoms with Crippen LogP contribution in [0.5, 0.6) is 0 Å². The highest BCUT2D eigenvalue weighted by Gasteiger charge is 2.28. The van der Waals surface area contributed by atoms with Gasteiger partial charge in [-0.15, -0.1) is 0 Å². The molecule has 0 unspecified atom stereocenters. The number of hydrogen-bond acceptors (Lipinski definition) is 6. The van der Waals surface area contributed by atoms with Gasteiger partial charge in [-0.05, 0) is 24.7 Å². The number of nitrogens with zero attached hydrogens (tertiary/aromatic N) is 4. The van der Waals surface area contributed by atoms with Gasteiger partial charge in [-0.3, -0.25) is 9.59 Å². The Bertz CT molecular complexity index is 625. The smallest absolute Gasteiger partial charge is 0.408 e. The number of aryl methyl sites for hydroxylation is 1. The zero-order valence-electron chi connectivity index (χ0n) is 13.3. The van der Waals surface area contributed by atoms with Gasteiger partial charge in [0, 0.05) is 19.5 Å². The Labute approximate surface area is 143 Å². The van der Waals surface area contributed by atoms with E-state index in [2.05, 4.69) is 5.10 Å². The average molecular weight is 359 g/mol. The Morgan fingerprint density at radius 3 is 2.67 bits per heavy atom. The van der Waals surface area contributed by atoms with E-state index in [0.29, 0.717) is 32.5 Å². The topological polar surface area (TPSA) is 108 Å². The number of piperidine rings is 1. The number of likely N-dealkylation sites (tertiary alicyclic amines) is 1. The van der Waals surface area contributed by atoms with E-state index >= 15 is 0 Å². The van der Waals surface area contributed by atoms with Gasteiger partial charge in [0.2, 0.25) is 5.91 Å². The van der Waals surface area contributed by atoms with Gasteiger partial charge in [-0.1, -0.05) is 11.6 Å². The van der Waals surface area contributed by atoms with Gasteiger partial charge >= 0.3 is 11.8 Å². The molecule has 0 N–H and O–H groups in total. The third-order valence-corrected chi connectivity index (χ3v) is 4.16. The Morgan fingerprint density at radius 2 is 2.12 bits per heavy atom. The average Bonchev–Trinajstić information content (AvgIpc) is 2.94. The van der Waals surface area contributed by atoms with Crippen LogP contribution in [0.2, 0.25) is 5.02 Å². The first kappa shape index (κ1) is 18.2. The summed E-state index contributed by atoms with van der Waals surface area (Å²) in [5.41, 5.74) is 0. The van der Waals surface area contributed by atoms with E-state index in [1.165, 1.54) is 10.9 Å². The summed E-state index contributed by atoms with van der Waals surface area (Å²) >= 11 is 5.71. The lowest BCUT2D eigenvalue weighted by atomic mass is 9.97. The number of aromatic nitrogens is 2. The number of ether oxygens (including phenoxy) is 1. The van der Waals surface area contributed by atoms with Crippen molar-refractivity contribution in [3.8, 4) is 0 Å². The molecule has 1 aromatic rings. The Balaban J connectivity index is 1.81. The molecule has 1 aliphatic rings. The van der Waals surface area contributed by atoms with Crippen molar-refractivity contribution in [2.24, 2.45) is 5.92 Å². The highest BCUT2D eigenvalue weighted by Crippen LogP contribution is 2.22. The minimum atomic E-state index is -0.666. The van der Waals surface area contributed by atoms with Crippen molar-refractivity contribution >= 4 is 29.3 Å². The monoisotopic (exact) mass is 358 g/mol. The second-order valence-corrected chi connectivity index (χ2v) is 5.89. The van der Waals surface area contributed by atoms with Crippen molar-refractivity contribution in [1.29, 1.82) is 0 Å². The Morgan fingerprint density at radius 1 is 1.46 bits per heavy atom. The van der Waals surface area contributed by atoms with Crippen LogP contribution in [0.1, 0.15) is 26.2 Å². The molecule has 0 aromatic carbocycles. The fourth-order valence-electron chi connectivity index (χ4n) is 2.62. The molecule has 9 nitrogen and oxygen atoms in total. The van der Waals surface area contributed by atoms with E-state index in [1.54, 1.807) is 11.8 Å². The minimum absolute atomic E-state index is 0.0531. The van der Waals surface area contributed by atoms with E-state index in [0.717, 1.165) is 0 Å². The van der Waals surface area contributed by atoms with Gasteiger partial charge in [0.25, 0.3) is 0 Å². The maximum atomic E-state index is 12.2. The molecule has 0 atom stereocenters. The van der Waals surface area contributed by atoms with E-state index in [9.17, 15) is 19.7 Å². The molecule has 132 valence electrons. The van der Waals surface area contributed by atoms with Crippen molar-refractivity contribution < 1.29 is 19.2 Å².